The lowest BCUT2D eigenvalue weighted by Gasteiger charge is -2.34. The van der Waals surface area contributed by atoms with Crippen LogP contribution < -0.4 is 0 Å². The number of piperazine rings is 1. The Balaban J connectivity index is 1.82. The van der Waals surface area contributed by atoms with E-state index in [2.05, 4.69) is 0 Å². The van der Waals surface area contributed by atoms with Crippen LogP contribution in [0.3, 0.4) is 0 Å². The molecule has 3 rings (SSSR count). The van der Waals surface area contributed by atoms with Gasteiger partial charge in [0.25, 0.3) is 11.6 Å². The molecule has 25 heavy (non-hydrogen) atoms. The van der Waals surface area contributed by atoms with Gasteiger partial charge in [-0.25, -0.2) is 0 Å². The molecule has 2 bridgehead atoms. The number of aryl methyl sites for hydroxylation is 1. The number of hydrogen-bond donors (Lipinski definition) is 0. The summed E-state index contributed by atoms with van der Waals surface area (Å²) in [7, 11) is 0. The summed E-state index contributed by atoms with van der Waals surface area (Å²) in [6, 6.07) is 2.80. The van der Waals surface area contributed by atoms with Gasteiger partial charge in [-0.3, -0.25) is 24.1 Å². The van der Waals surface area contributed by atoms with Gasteiger partial charge >= 0.3 is 0 Å². The molecule has 1 aromatic carbocycles. The van der Waals surface area contributed by atoms with Crippen molar-refractivity contribution in [2.75, 3.05) is 19.8 Å². The van der Waals surface area contributed by atoms with Crippen LogP contribution in [0.4, 0.5) is 10.1 Å². The van der Waals surface area contributed by atoms with Gasteiger partial charge in [0.2, 0.25) is 5.91 Å². The average Bonchev–Trinajstić information content (AvgIpc) is 3.15. The number of nitrogens with zero attached hydrogens (tertiary/aromatic N) is 3. The number of carbonyl (C=O) groups excluding carboxylic acids is 2. The summed E-state index contributed by atoms with van der Waals surface area (Å²) in [4.78, 5) is 38.9. The maximum absolute atomic E-state index is 13.0. The third-order valence-corrected chi connectivity index (χ3v) is 5.19. The lowest BCUT2D eigenvalue weighted by atomic mass is 9.99. The highest BCUT2D eigenvalue weighted by molar-refractivity contribution is 5.98. The monoisotopic (exact) mass is 349 g/mol. The number of benzene rings is 1. The molecule has 0 N–H and O–H groups in total. The van der Waals surface area contributed by atoms with Crippen LogP contribution in [0, 0.1) is 24.0 Å². The second kappa shape index (κ2) is 6.42. The Morgan fingerprint density at radius 3 is 2.44 bits per heavy atom. The number of rotatable bonds is 4. The van der Waals surface area contributed by atoms with Crippen LogP contribution in [0.5, 0.6) is 0 Å². The minimum Gasteiger partial charge on any atom is -0.336 e. The minimum atomic E-state index is -0.679. The number of nitro groups is 1. The Labute approximate surface area is 144 Å². The molecule has 0 unspecified atom stereocenters. The fraction of sp³-hybridized carbons (Fsp3) is 0.529. The van der Waals surface area contributed by atoms with Gasteiger partial charge in [0.1, 0.15) is 0 Å². The molecule has 2 aliphatic heterocycles. The van der Waals surface area contributed by atoms with E-state index in [-0.39, 0.29) is 36.0 Å². The van der Waals surface area contributed by atoms with Gasteiger partial charge in [-0.2, -0.15) is 0 Å². The molecule has 134 valence electrons. The summed E-state index contributed by atoms with van der Waals surface area (Å²) in [5.41, 5.74) is 1.35. The van der Waals surface area contributed by atoms with Crippen molar-refractivity contribution >= 4 is 17.5 Å². The van der Waals surface area contributed by atoms with Crippen LogP contribution in [0.25, 0.3) is 0 Å². The molecule has 2 aliphatic rings. The fourth-order valence-electron chi connectivity index (χ4n) is 3.95. The number of halogens is 1. The predicted molar refractivity (Wildman–Crippen MR) is 88.1 cm³/mol. The Morgan fingerprint density at radius 2 is 1.88 bits per heavy atom. The van der Waals surface area contributed by atoms with Crippen molar-refractivity contribution in [1.82, 2.24) is 9.80 Å². The highest BCUT2D eigenvalue weighted by Crippen LogP contribution is 2.34. The smallest absolute Gasteiger partial charge is 0.273 e. The molecule has 0 spiro atoms. The molecule has 1 aromatic rings. The summed E-state index contributed by atoms with van der Waals surface area (Å²) in [6.07, 6.45) is 0.553. The summed E-state index contributed by atoms with van der Waals surface area (Å²) >= 11 is 0. The summed E-state index contributed by atoms with van der Waals surface area (Å²) < 4.78 is 12.4. The second-order valence-electron chi connectivity index (χ2n) is 6.64. The molecule has 2 fully saturated rings. The van der Waals surface area contributed by atoms with Gasteiger partial charge < -0.3 is 9.80 Å². The van der Waals surface area contributed by atoms with Gasteiger partial charge in [0.15, 0.2) is 0 Å². The zero-order chi connectivity index (χ0) is 18.3. The molecule has 2 atom stereocenters. The third-order valence-electron chi connectivity index (χ3n) is 5.19. The van der Waals surface area contributed by atoms with Gasteiger partial charge in [0.05, 0.1) is 35.7 Å². The minimum absolute atomic E-state index is 0.0712. The highest BCUT2D eigenvalue weighted by atomic mass is 19.1. The van der Waals surface area contributed by atoms with Gasteiger partial charge in [-0.1, -0.05) is 6.07 Å². The maximum atomic E-state index is 13.0. The third kappa shape index (κ3) is 2.85. The van der Waals surface area contributed by atoms with Crippen LogP contribution in [-0.4, -0.2) is 58.4 Å². The molecule has 0 radical (unpaired) electrons. The van der Waals surface area contributed by atoms with Gasteiger partial charge in [-0.15, -0.1) is 0 Å². The van der Waals surface area contributed by atoms with E-state index in [1.54, 1.807) is 29.7 Å². The van der Waals surface area contributed by atoms with Crippen molar-refractivity contribution < 1.29 is 18.9 Å². The number of hydrogen-bond acceptors (Lipinski definition) is 4. The quantitative estimate of drug-likeness (QED) is 0.615. The molecule has 0 saturated carbocycles. The molecule has 0 aliphatic carbocycles. The molecule has 2 heterocycles. The lowest BCUT2D eigenvalue weighted by molar-refractivity contribution is -0.385. The van der Waals surface area contributed by atoms with Gasteiger partial charge in [-0.05, 0) is 25.8 Å². The number of nitro benzene ring substituents is 1. The largest absolute Gasteiger partial charge is 0.336 e. The normalized spacial score (nSPS) is 21.7. The van der Waals surface area contributed by atoms with Crippen LogP contribution >= 0.6 is 0 Å². The van der Waals surface area contributed by atoms with Crippen molar-refractivity contribution in [3.8, 4) is 0 Å². The number of likely N-dealkylation sites (tertiary alicyclic amines) is 2. The molecule has 2 amide bonds. The highest BCUT2D eigenvalue weighted by Gasteiger charge is 2.47. The summed E-state index contributed by atoms with van der Waals surface area (Å²) in [5.74, 6) is -0.450. The number of alkyl halides is 1. The van der Waals surface area contributed by atoms with E-state index in [0.29, 0.717) is 36.2 Å². The van der Waals surface area contributed by atoms with Crippen molar-refractivity contribution in [1.29, 1.82) is 0 Å². The molecule has 0 aromatic heterocycles. The first-order valence-corrected chi connectivity index (χ1v) is 8.26. The molecule has 7 nitrogen and oxygen atoms in total. The van der Waals surface area contributed by atoms with Crippen LogP contribution in [0.15, 0.2) is 12.1 Å². The molecule has 8 heteroatoms. The zero-order valence-electron chi connectivity index (χ0n) is 14.2. The lowest BCUT2D eigenvalue weighted by Crippen LogP contribution is -2.50. The number of fused-ring (bicyclic) bond motifs is 2. The van der Waals surface area contributed by atoms with E-state index >= 15 is 0 Å². The van der Waals surface area contributed by atoms with E-state index < -0.39 is 11.6 Å². The first-order chi connectivity index (χ1) is 11.8. The second-order valence-corrected chi connectivity index (χ2v) is 6.64. The van der Waals surface area contributed by atoms with Crippen molar-refractivity contribution in [2.24, 2.45) is 0 Å². The fourth-order valence-corrected chi connectivity index (χ4v) is 3.95. The summed E-state index contributed by atoms with van der Waals surface area (Å²) in [6.45, 7) is 3.46. The van der Waals surface area contributed by atoms with E-state index in [1.165, 1.54) is 6.07 Å². The van der Waals surface area contributed by atoms with Crippen LogP contribution in [0.1, 0.15) is 34.3 Å². The first kappa shape index (κ1) is 17.3. The Hall–Kier alpha value is -2.51. The van der Waals surface area contributed by atoms with Crippen LogP contribution in [0.2, 0.25) is 0 Å². The molecular weight excluding hydrogens is 329 g/mol. The molecule has 2 saturated heterocycles. The topological polar surface area (TPSA) is 83.8 Å². The van der Waals surface area contributed by atoms with E-state index in [1.807, 2.05) is 0 Å². The Kier molecular flexibility index (Phi) is 4.45. The average molecular weight is 349 g/mol. The van der Waals surface area contributed by atoms with Crippen molar-refractivity contribution in [3.63, 3.8) is 0 Å². The SMILES string of the molecule is Cc1ccc([N+](=O)[O-])c(C)c1C(=O)N1C[C@@H]2C[C@H]1CN2C(=O)CCF. The van der Waals surface area contributed by atoms with E-state index in [4.69, 9.17) is 0 Å². The maximum Gasteiger partial charge on any atom is 0.273 e. The van der Waals surface area contributed by atoms with E-state index in [0.717, 1.165) is 0 Å². The van der Waals surface area contributed by atoms with E-state index in [9.17, 15) is 24.1 Å². The van der Waals surface area contributed by atoms with Crippen molar-refractivity contribution in [3.05, 3.63) is 38.9 Å². The summed E-state index contributed by atoms with van der Waals surface area (Å²) in [5, 5.41) is 11.1. The number of carbonyl (C=O) groups is 2. The zero-order valence-corrected chi connectivity index (χ0v) is 14.2. The Bertz CT molecular complexity index is 752. The first-order valence-electron chi connectivity index (χ1n) is 8.26. The van der Waals surface area contributed by atoms with Gasteiger partial charge in [0, 0.05) is 24.7 Å². The van der Waals surface area contributed by atoms with Crippen LogP contribution in [-0.2, 0) is 4.79 Å². The number of amides is 2. The van der Waals surface area contributed by atoms with Crippen molar-refractivity contribution in [2.45, 2.75) is 38.8 Å². The predicted octanol–water partition coefficient (Wildman–Crippen LogP) is 2.00. The molecular formula is C17H20FN3O4. The standard InChI is InChI=1S/C17H20FN3O4/c1-10-3-4-14(21(24)25)11(2)16(10)17(23)20-9-12-7-13(20)8-19(12)15(22)5-6-18/h3-4,12-13H,5-9H2,1-2H3/t12-,13-/m0/s1. The Morgan fingerprint density at radius 1 is 1.24 bits per heavy atom.